The minimum absolute atomic E-state index is 0.437. The molecule has 0 bridgehead atoms. The van der Waals surface area contributed by atoms with Crippen molar-refractivity contribution in [3.05, 3.63) is 0 Å². The molecule has 0 aromatic heterocycles. The van der Waals surface area contributed by atoms with Crippen molar-refractivity contribution in [2.75, 3.05) is 6.54 Å². The van der Waals surface area contributed by atoms with Crippen LogP contribution in [-0.4, -0.2) is 6.54 Å². The maximum Gasteiger partial charge on any atom is -0.00205 e. The van der Waals surface area contributed by atoms with Gasteiger partial charge in [0.25, 0.3) is 0 Å². The van der Waals surface area contributed by atoms with Crippen LogP contribution in [0.5, 0.6) is 0 Å². The fourth-order valence-electron chi connectivity index (χ4n) is 2.49. The summed E-state index contributed by atoms with van der Waals surface area (Å²) >= 11 is 0. The molecule has 0 aliphatic heterocycles. The van der Waals surface area contributed by atoms with Gasteiger partial charge in [0.05, 0.1) is 0 Å². The first-order chi connectivity index (χ1) is 7.17. The lowest BCUT2D eigenvalue weighted by molar-refractivity contribution is 0.184. The van der Waals surface area contributed by atoms with Gasteiger partial charge in [0, 0.05) is 0 Å². The van der Waals surface area contributed by atoms with Crippen molar-refractivity contribution in [1.29, 1.82) is 0 Å². The first-order valence-electron chi connectivity index (χ1n) is 6.88. The van der Waals surface area contributed by atoms with Crippen molar-refractivity contribution in [3.63, 3.8) is 0 Å². The van der Waals surface area contributed by atoms with Gasteiger partial charge in [-0.05, 0) is 37.1 Å². The number of hydrogen-bond donors (Lipinski definition) is 1. The molecule has 0 saturated carbocycles. The van der Waals surface area contributed by atoms with E-state index in [0.29, 0.717) is 5.41 Å². The molecule has 1 heteroatoms. The summed E-state index contributed by atoms with van der Waals surface area (Å²) in [7, 11) is 0. The Bertz CT molecular complexity index is 134. The first-order valence-corrected chi connectivity index (χ1v) is 6.88. The highest BCUT2D eigenvalue weighted by Gasteiger charge is 2.28. The van der Waals surface area contributed by atoms with E-state index in [4.69, 9.17) is 5.73 Å². The smallest absolute Gasteiger partial charge is 0.00205 e. The highest BCUT2D eigenvalue weighted by molar-refractivity contribution is 4.81. The third-order valence-corrected chi connectivity index (χ3v) is 4.12. The van der Waals surface area contributed by atoms with Gasteiger partial charge in [0.15, 0.2) is 0 Å². The van der Waals surface area contributed by atoms with Crippen LogP contribution < -0.4 is 5.73 Å². The minimum atomic E-state index is 0.437. The predicted molar refractivity (Wildman–Crippen MR) is 70.0 cm³/mol. The molecule has 15 heavy (non-hydrogen) atoms. The molecule has 0 aliphatic carbocycles. The second-order valence-corrected chi connectivity index (χ2v) is 5.05. The molecule has 0 radical (unpaired) electrons. The molecule has 92 valence electrons. The van der Waals surface area contributed by atoms with E-state index >= 15 is 0 Å². The third-order valence-electron chi connectivity index (χ3n) is 4.12. The Morgan fingerprint density at radius 2 is 1.67 bits per heavy atom. The van der Waals surface area contributed by atoms with Crippen molar-refractivity contribution >= 4 is 0 Å². The zero-order valence-electron chi connectivity index (χ0n) is 11.3. The van der Waals surface area contributed by atoms with Gasteiger partial charge >= 0.3 is 0 Å². The van der Waals surface area contributed by atoms with E-state index < -0.39 is 0 Å². The summed E-state index contributed by atoms with van der Waals surface area (Å²) in [6.45, 7) is 10.1. The van der Waals surface area contributed by atoms with Gasteiger partial charge in [-0.3, -0.25) is 0 Å². The molecule has 0 fully saturated rings. The SMILES string of the molecule is CCCCC(CC)(CN)CC(CC)CC. The van der Waals surface area contributed by atoms with Gasteiger partial charge in [-0.25, -0.2) is 0 Å². The van der Waals surface area contributed by atoms with Crippen LogP contribution in [0.15, 0.2) is 0 Å². The number of rotatable bonds is 9. The van der Waals surface area contributed by atoms with Crippen LogP contribution in [0.3, 0.4) is 0 Å². The van der Waals surface area contributed by atoms with Crippen LogP contribution in [-0.2, 0) is 0 Å². The van der Waals surface area contributed by atoms with Gasteiger partial charge in [0.2, 0.25) is 0 Å². The zero-order chi connectivity index (χ0) is 11.7. The summed E-state index contributed by atoms with van der Waals surface area (Å²) in [5, 5.41) is 0. The fraction of sp³-hybridized carbons (Fsp3) is 1.00. The largest absolute Gasteiger partial charge is 0.330 e. The lowest BCUT2D eigenvalue weighted by Crippen LogP contribution is -2.32. The van der Waals surface area contributed by atoms with Crippen molar-refractivity contribution < 1.29 is 0 Å². The normalized spacial score (nSPS) is 15.6. The molecule has 0 aliphatic rings. The summed E-state index contributed by atoms with van der Waals surface area (Å²) in [5.74, 6) is 0.880. The van der Waals surface area contributed by atoms with Crippen LogP contribution in [0.4, 0.5) is 0 Å². The average molecular weight is 213 g/mol. The molecule has 2 N–H and O–H groups in total. The van der Waals surface area contributed by atoms with Crippen LogP contribution in [0.2, 0.25) is 0 Å². The summed E-state index contributed by atoms with van der Waals surface area (Å²) in [6.07, 6.45) is 9.17. The van der Waals surface area contributed by atoms with Crippen molar-refractivity contribution in [3.8, 4) is 0 Å². The Kier molecular flexibility index (Phi) is 8.13. The second kappa shape index (κ2) is 8.15. The van der Waals surface area contributed by atoms with E-state index in [1.807, 2.05) is 0 Å². The van der Waals surface area contributed by atoms with Crippen LogP contribution in [0.1, 0.15) is 72.6 Å². The van der Waals surface area contributed by atoms with E-state index in [0.717, 1.165) is 12.5 Å². The zero-order valence-corrected chi connectivity index (χ0v) is 11.3. The van der Waals surface area contributed by atoms with Gasteiger partial charge in [-0.2, -0.15) is 0 Å². The molecule has 0 amide bonds. The molecule has 1 atom stereocenters. The van der Waals surface area contributed by atoms with E-state index in [9.17, 15) is 0 Å². The maximum atomic E-state index is 6.02. The Hall–Kier alpha value is -0.0400. The van der Waals surface area contributed by atoms with Crippen molar-refractivity contribution in [1.82, 2.24) is 0 Å². The van der Waals surface area contributed by atoms with E-state index in [-0.39, 0.29) is 0 Å². The van der Waals surface area contributed by atoms with E-state index in [1.54, 1.807) is 0 Å². The molecule has 1 nitrogen and oxygen atoms in total. The van der Waals surface area contributed by atoms with Crippen LogP contribution >= 0.6 is 0 Å². The monoisotopic (exact) mass is 213 g/mol. The summed E-state index contributed by atoms with van der Waals surface area (Å²) < 4.78 is 0. The molecule has 0 saturated heterocycles. The number of unbranched alkanes of at least 4 members (excludes halogenated alkanes) is 1. The predicted octanol–water partition coefficient (Wildman–Crippen LogP) is 4.36. The lowest BCUT2D eigenvalue weighted by Gasteiger charge is -2.35. The Balaban J connectivity index is 4.32. The molecule has 0 aromatic rings. The fourth-order valence-corrected chi connectivity index (χ4v) is 2.49. The second-order valence-electron chi connectivity index (χ2n) is 5.05. The van der Waals surface area contributed by atoms with Gasteiger partial charge in [-0.15, -0.1) is 0 Å². The Morgan fingerprint density at radius 1 is 1.07 bits per heavy atom. The molecule has 0 spiro atoms. The molecule has 0 rings (SSSR count). The van der Waals surface area contributed by atoms with E-state index in [2.05, 4.69) is 27.7 Å². The molecular weight excluding hydrogens is 182 g/mol. The molecule has 0 aromatic carbocycles. The Morgan fingerprint density at radius 3 is 2.00 bits per heavy atom. The lowest BCUT2D eigenvalue weighted by atomic mass is 9.72. The van der Waals surface area contributed by atoms with Gasteiger partial charge < -0.3 is 5.73 Å². The summed E-state index contributed by atoms with van der Waals surface area (Å²) in [5.41, 5.74) is 6.45. The van der Waals surface area contributed by atoms with E-state index in [1.165, 1.54) is 44.9 Å². The summed E-state index contributed by atoms with van der Waals surface area (Å²) in [4.78, 5) is 0. The quantitative estimate of drug-likeness (QED) is 0.605. The number of hydrogen-bond acceptors (Lipinski definition) is 1. The third kappa shape index (κ3) is 5.01. The van der Waals surface area contributed by atoms with Crippen molar-refractivity contribution in [2.45, 2.75) is 72.6 Å². The standard InChI is InChI=1S/C14H31N/c1-5-9-10-14(8-4,12-15)11-13(6-2)7-3/h13H,5-12,15H2,1-4H3. The molecule has 0 heterocycles. The van der Waals surface area contributed by atoms with Crippen LogP contribution in [0.25, 0.3) is 0 Å². The minimum Gasteiger partial charge on any atom is -0.330 e. The van der Waals surface area contributed by atoms with Crippen molar-refractivity contribution in [2.24, 2.45) is 17.1 Å². The Labute approximate surface area is 96.8 Å². The topological polar surface area (TPSA) is 26.0 Å². The first kappa shape index (κ1) is 15.0. The van der Waals surface area contributed by atoms with Crippen LogP contribution in [0, 0.1) is 11.3 Å². The molecular formula is C14H31N. The number of nitrogens with two attached hydrogens (primary N) is 1. The van der Waals surface area contributed by atoms with Gasteiger partial charge in [-0.1, -0.05) is 53.4 Å². The average Bonchev–Trinajstić information content (AvgIpc) is 2.30. The molecule has 1 unspecified atom stereocenters. The van der Waals surface area contributed by atoms with Gasteiger partial charge in [0.1, 0.15) is 0 Å². The summed E-state index contributed by atoms with van der Waals surface area (Å²) in [6, 6.07) is 0. The maximum absolute atomic E-state index is 6.02. The highest BCUT2D eigenvalue weighted by Crippen LogP contribution is 2.36. The highest BCUT2D eigenvalue weighted by atomic mass is 14.6.